The van der Waals surface area contributed by atoms with Crippen molar-refractivity contribution in [3.8, 4) is 0 Å². The maximum atomic E-state index is 5.97. The Morgan fingerprint density at radius 1 is 1.12 bits per heavy atom. The molecule has 3 nitrogen and oxygen atoms in total. The predicted molar refractivity (Wildman–Crippen MR) is 73.5 cm³/mol. The van der Waals surface area contributed by atoms with Gasteiger partial charge in [0, 0.05) is 7.11 Å². The molecule has 0 saturated carbocycles. The molecule has 1 N–H and O–H groups in total. The highest BCUT2D eigenvalue weighted by Crippen LogP contribution is 2.22. The Balaban J connectivity index is 3.85. The van der Waals surface area contributed by atoms with Gasteiger partial charge >= 0.3 is 0 Å². The van der Waals surface area contributed by atoms with Gasteiger partial charge in [-0.05, 0) is 60.0 Å². The number of hydrogen-bond donors (Lipinski definition) is 1. The van der Waals surface area contributed by atoms with Crippen molar-refractivity contribution in [2.45, 2.75) is 64.6 Å². The largest absolute Gasteiger partial charge is 0.378 e. The minimum Gasteiger partial charge on any atom is -0.378 e. The van der Waals surface area contributed by atoms with Crippen LogP contribution in [0.25, 0.3) is 0 Å². The fourth-order valence-corrected chi connectivity index (χ4v) is 1.73. The Hall–Kier alpha value is -0.120. The Kier molecular flexibility index (Phi) is 8.01. The minimum absolute atomic E-state index is 0.0285. The lowest BCUT2D eigenvalue weighted by Gasteiger charge is -2.30. The molecule has 0 rings (SSSR count). The molecule has 17 heavy (non-hydrogen) atoms. The van der Waals surface area contributed by atoms with Gasteiger partial charge in [0.2, 0.25) is 0 Å². The maximum absolute atomic E-state index is 5.97. The van der Waals surface area contributed by atoms with Crippen LogP contribution in [-0.4, -0.2) is 38.5 Å². The molecule has 3 heteroatoms. The first-order chi connectivity index (χ1) is 7.89. The molecule has 0 bridgehead atoms. The topological polar surface area (TPSA) is 30.5 Å². The quantitative estimate of drug-likeness (QED) is 0.600. The molecular formula is C14H31NO2. The SMILES string of the molecule is CCC(C)(CCOC(C)(C)CCCNC)OC. The van der Waals surface area contributed by atoms with E-state index in [0.717, 1.165) is 38.8 Å². The van der Waals surface area contributed by atoms with Crippen molar-refractivity contribution in [3.63, 3.8) is 0 Å². The monoisotopic (exact) mass is 245 g/mol. The third-order valence-electron chi connectivity index (χ3n) is 3.57. The van der Waals surface area contributed by atoms with Gasteiger partial charge < -0.3 is 14.8 Å². The van der Waals surface area contributed by atoms with Crippen molar-refractivity contribution in [2.24, 2.45) is 0 Å². The Morgan fingerprint density at radius 2 is 1.76 bits per heavy atom. The molecule has 0 spiro atoms. The molecule has 0 aromatic carbocycles. The van der Waals surface area contributed by atoms with Crippen molar-refractivity contribution < 1.29 is 9.47 Å². The molecule has 1 unspecified atom stereocenters. The molecule has 0 aromatic rings. The van der Waals surface area contributed by atoms with Gasteiger partial charge in [0.1, 0.15) is 0 Å². The van der Waals surface area contributed by atoms with Crippen LogP contribution in [0.5, 0.6) is 0 Å². The zero-order valence-corrected chi connectivity index (χ0v) is 12.6. The fourth-order valence-electron chi connectivity index (χ4n) is 1.73. The van der Waals surface area contributed by atoms with Crippen LogP contribution < -0.4 is 5.32 Å². The second-order valence-corrected chi connectivity index (χ2v) is 5.57. The second kappa shape index (κ2) is 8.06. The normalized spacial score (nSPS) is 15.9. The van der Waals surface area contributed by atoms with E-state index in [-0.39, 0.29) is 11.2 Å². The van der Waals surface area contributed by atoms with Gasteiger partial charge in [-0.15, -0.1) is 0 Å². The van der Waals surface area contributed by atoms with Crippen LogP contribution >= 0.6 is 0 Å². The van der Waals surface area contributed by atoms with Gasteiger partial charge in [0.15, 0.2) is 0 Å². The number of hydrogen-bond acceptors (Lipinski definition) is 3. The first-order valence-electron chi connectivity index (χ1n) is 6.73. The highest BCUT2D eigenvalue weighted by atomic mass is 16.5. The van der Waals surface area contributed by atoms with E-state index in [9.17, 15) is 0 Å². The summed E-state index contributed by atoms with van der Waals surface area (Å²) < 4.78 is 11.5. The van der Waals surface area contributed by atoms with Gasteiger partial charge in [0.25, 0.3) is 0 Å². The van der Waals surface area contributed by atoms with Gasteiger partial charge in [-0.2, -0.15) is 0 Å². The molecule has 0 saturated heterocycles. The van der Waals surface area contributed by atoms with Crippen LogP contribution in [0.15, 0.2) is 0 Å². The summed E-state index contributed by atoms with van der Waals surface area (Å²) in [6, 6.07) is 0. The van der Waals surface area contributed by atoms with Crippen LogP contribution in [0.3, 0.4) is 0 Å². The molecule has 1 atom stereocenters. The molecule has 0 radical (unpaired) electrons. The highest BCUT2D eigenvalue weighted by molar-refractivity contribution is 4.74. The highest BCUT2D eigenvalue weighted by Gasteiger charge is 2.23. The van der Waals surface area contributed by atoms with Crippen molar-refractivity contribution in [3.05, 3.63) is 0 Å². The average molecular weight is 245 g/mol. The third kappa shape index (κ3) is 7.74. The second-order valence-electron chi connectivity index (χ2n) is 5.57. The molecule has 0 heterocycles. The minimum atomic E-state index is -0.0406. The lowest BCUT2D eigenvalue weighted by atomic mass is 9.98. The van der Waals surface area contributed by atoms with E-state index in [0.29, 0.717) is 0 Å². The zero-order chi connectivity index (χ0) is 13.4. The van der Waals surface area contributed by atoms with Gasteiger partial charge in [-0.1, -0.05) is 6.92 Å². The van der Waals surface area contributed by atoms with E-state index in [1.54, 1.807) is 7.11 Å². The smallest absolute Gasteiger partial charge is 0.0670 e. The van der Waals surface area contributed by atoms with E-state index in [2.05, 4.69) is 33.0 Å². The van der Waals surface area contributed by atoms with Gasteiger partial charge in [-0.3, -0.25) is 0 Å². The number of methoxy groups -OCH3 is 1. The molecular weight excluding hydrogens is 214 g/mol. The van der Waals surface area contributed by atoms with Crippen LogP contribution in [0.1, 0.15) is 53.4 Å². The summed E-state index contributed by atoms with van der Waals surface area (Å²) in [6.07, 6.45) is 4.21. The van der Waals surface area contributed by atoms with Crippen molar-refractivity contribution in [1.29, 1.82) is 0 Å². The van der Waals surface area contributed by atoms with Crippen LogP contribution in [-0.2, 0) is 9.47 Å². The van der Waals surface area contributed by atoms with Crippen LogP contribution in [0.4, 0.5) is 0 Å². The van der Waals surface area contributed by atoms with Crippen molar-refractivity contribution in [1.82, 2.24) is 5.32 Å². The first-order valence-corrected chi connectivity index (χ1v) is 6.73. The van der Waals surface area contributed by atoms with Gasteiger partial charge in [-0.25, -0.2) is 0 Å². The van der Waals surface area contributed by atoms with E-state index in [1.165, 1.54) is 0 Å². The summed E-state index contributed by atoms with van der Waals surface area (Å²) in [7, 11) is 3.76. The summed E-state index contributed by atoms with van der Waals surface area (Å²) in [4.78, 5) is 0. The molecule has 0 aliphatic heterocycles. The Labute approximate surface area is 107 Å². The van der Waals surface area contributed by atoms with Crippen LogP contribution in [0, 0.1) is 0 Å². The van der Waals surface area contributed by atoms with E-state index in [1.807, 2.05) is 7.05 Å². The molecule has 0 aliphatic carbocycles. The zero-order valence-electron chi connectivity index (χ0n) is 12.6. The van der Waals surface area contributed by atoms with Crippen molar-refractivity contribution >= 4 is 0 Å². The summed E-state index contributed by atoms with van der Waals surface area (Å²) in [5.74, 6) is 0. The van der Waals surface area contributed by atoms with E-state index < -0.39 is 0 Å². The summed E-state index contributed by atoms with van der Waals surface area (Å²) in [5, 5.41) is 3.16. The third-order valence-corrected chi connectivity index (χ3v) is 3.57. The number of ether oxygens (including phenoxy) is 2. The lowest BCUT2D eigenvalue weighted by Crippen LogP contribution is -2.32. The maximum Gasteiger partial charge on any atom is 0.0670 e. The Morgan fingerprint density at radius 3 is 2.24 bits per heavy atom. The number of rotatable bonds is 10. The van der Waals surface area contributed by atoms with Gasteiger partial charge in [0.05, 0.1) is 17.8 Å². The average Bonchev–Trinajstić information content (AvgIpc) is 2.28. The molecule has 0 fully saturated rings. The summed E-state index contributed by atoms with van der Waals surface area (Å²) in [6.45, 7) is 10.5. The lowest BCUT2D eigenvalue weighted by molar-refractivity contribution is -0.0690. The fraction of sp³-hybridized carbons (Fsp3) is 1.00. The summed E-state index contributed by atoms with van der Waals surface area (Å²) in [5.41, 5.74) is -0.0691. The first kappa shape index (κ1) is 16.9. The van der Waals surface area contributed by atoms with E-state index >= 15 is 0 Å². The van der Waals surface area contributed by atoms with Crippen molar-refractivity contribution in [2.75, 3.05) is 27.3 Å². The predicted octanol–water partition coefficient (Wildman–Crippen LogP) is 2.99. The Bertz CT molecular complexity index is 189. The molecule has 0 aromatic heterocycles. The standard InChI is InChI=1S/C14H31NO2/c1-7-14(4,16-6)10-12-17-13(2,3)9-8-11-15-5/h15H,7-12H2,1-6H3. The molecule has 104 valence electrons. The molecule has 0 aliphatic rings. The van der Waals surface area contributed by atoms with E-state index in [4.69, 9.17) is 9.47 Å². The van der Waals surface area contributed by atoms with Crippen LogP contribution in [0.2, 0.25) is 0 Å². The molecule has 0 amide bonds. The summed E-state index contributed by atoms with van der Waals surface area (Å²) >= 11 is 0. The number of nitrogens with one attached hydrogen (secondary N) is 1.